The molecule has 4 rings (SSSR count). The van der Waals surface area contributed by atoms with Crippen LogP contribution in [-0.2, 0) is 0 Å². The number of para-hydroxylation sites is 1. The van der Waals surface area contributed by atoms with E-state index in [1.165, 1.54) is 25.7 Å². The van der Waals surface area contributed by atoms with Crippen molar-refractivity contribution in [2.45, 2.75) is 42.8 Å². The first-order chi connectivity index (χ1) is 12.2. The molecule has 1 heterocycles. The molecule has 25 heavy (non-hydrogen) atoms. The molecule has 1 saturated carbocycles. The fourth-order valence-electron chi connectivity index (χ4n) is 3.30. The smallest absolute Gasteiger partial charge is 0.255 e. The van der Waals surface area contributed by atoms with Gasteiger partial charge in [-0.3, -0.25) is 4.79 Å². The van der Waals surface area contributed by atoms with Gasteiger partial charge in [-0.1, -0.05) is 25.0 Å². The molecular formula is C19H20N4OS. The topological polar surface area (TPSA) is 70.7 Å². The number of aromatic amines is 1. The maximum absolute atomic E-state index is 12.7. The van der Waals surface area contributed by atoms with Crippen LogP contribution in [0.25, 0.3) is 11.0 Å². The molecule has 128 valence electrons. The Kier molecular flexibility index (Phi) is 4.44. The molecule has 0 aliphatic heterocycles. The SMILES string of the molecule is Cc1cc(C(=O)Nc2ccccc2SC2CCCC2)cc2n[nH]nc12. The molecular weight excluding hydrogens is 332 g/mol. The highest BCUT2D eigenvalue weighted by atomic mass is 32.2. The number of aromatic nitrogens is 3. The van der Waals surface area contributed by atoms with Crippen LogP contribution in [0.15, 0.2) is 41.3 Å². The predicted octanol–water partition coefficient (Wildman–Crippen LogP) is 4.55. The van der Waals surface area contributed by atoms with Crippen LogP contribution in [-0.4, -0.2) is 26.6 Å². The predicted molar refractivity (Wildman–Crippen MR) is 101 cm³/mol. The van der Waals surface area contributed by atoms with Crippen molar-refractivity contribution in [1.29, 1.82) is 0 Å². The molecule has 0 saturated heterocycles. The summed E-state index contributed by atoms with van der Waals surface area (Å²) < 4.78 is 0. The summed E-state index contributed by atoms with van der Waals surface area (Å²) in [6, 6.07) is 11.7. The number of hydrogen-bond acceptors (Lipinski definition) is 4. The van der Waals surface area contributed by atoms with Crippen LogP contribution in [0.2, 0.25) is 0 Å². The summed E-state index contributed by atoms with van der Waals surface area (Å²) in [4.78, 5) is 13.9. The highest BCUT2D eigenvalue weighted by molar-refractivity contribution is 8.00. The van der Waals surface area contributed by atoms with Gasteiger partial charge in [0.1, 0.15) is 11.0 Å². The first kappa shape index (κ1) is 16.1. The van der Waals surface area contributed by atoms with Gasteiger partial charge in [0.15, 0.2) is 0 Å². The van der Waals surface area contributed by atoms with E-state index in [2.05, 4.69) is 26.8 Å². The van der Waals surface area contributed by atoms with Crippen LogP contribution in [0.1, 0.15) is 41.6 Å². The average molecular weight is 352 g/mol. The zero-order valence-corrected chi connectivity index (χ0v) is 14.9. The summed E-state index contributed by atoms with van der Waals surface area (Å²) in [6.07, 6.45) is 5.14. The van der Waals surface area contributed by atoms with Gasteiger partial charge in [0.2, 0.25) is 0 Å². The van der Waals surface area contributed by atoms with Gasteiger partial charge in [0, 0.05) is 15.7 Å². The highest BCUT2D eigenvalue weighted by Crippen LogP contribution is 2.38. The second-order valence-corrected chi connectivity index (χ2v) is 7.80. The van der Waals surface area contributed by atoms with Crippen LogP contribution in [0, 0.1) is 6.92 Å². The monoisotopic (exact) mass is 352 g/mol. The highest BCUT2D eigenvalue weighted by Gasteiger charge is 2.18. The molecule has 1 fully saturated rings. The first-order valence-corrected chi connectivity index (χ1v) is 9.47. The lowest BCUT2D eigenvalue weighted by Crippen LogP contribution is -2.13. The molecule has 1 aromatic heterocycles. The molecule has 0 radical (unpaired) electrons. The average Bonchev–Trinajstić information content (AvgIpc) is 3.28. The second kappa shape index (κ2) is 6.88. The van der Waals surface area contributed by atoms with Crippen molar-refractivity contribution in [3.8, 4) is 0 Å². The number of nitrogens with one attached hydrogen (secondary N) is 2. The number of aryl methyl sites for hydroxylation is 1. The Morgan fingerprint density at radius 2 is 2.00 bits per heavy atom. The van der Waals surface area contributed by atoms with Crippen molar-refractivity contribution < 1.29 is 4.79 Å². The molecule has 2 N–H and O–H groups in total. The zero-order valence-electron chi connectivity index (χ0n) is 14.1. The number of fused-ring (bicyclic) bond motifs is 1. The second-order valence-electron chi connectivity index (χ2n) is 6.46. The molecule has 1 aliphatic carbocycles. The van der Waals surface area contributed by atoms with Gasteiger partial charge in [-0.2, -0.15) is 15.4 Å². The van der Waals surface area contributed by atoms with Gasteiger partial charge in [-0.15, -0.1) is 11.8 Å². The van der Waals surface area contributed by atoms with Gasteiger partial charge in [0.25, 0.3) is 5.91 Å². The number of hydrogen-bond donors (Lipinski definition) is 2. The fraction of sp³-hybridized carbons (Fsp3) is 0.316. The van der Waals surface area contributed by atoms with Crippen LogP contribution in [0.5, 0.6) is 0 Å². The number of carbonyl (C=O) groups excluding carboxylic acids is 1. The Labute approximate surface area is 150 Å². The third-order valence-electron chi connectivity index (χ3n) is 4.61. The maximum atomic E-state index is 12.7. The van der Waals surface area contributed by atoms with Gasteiger partial charge >= 0.3 is 0 Å². The summed E-state index contributed by atoms with van der Waals surface area (Å²) >= 11 is 1.88. The van der Waals surface area contributed by atoms with Crippen LogP contribution in [0.3, 0.4) is 0 Å². The minimum absolute atomic E-state index is 0.118. The number of H-pyrrole nitrogens is 1. The van der Waals surface area contributed by atoms with Crippen molar-refractivity contribution in [2.75, 3.05) is 5.32 Å². The fourth-order valence-corrected chi connectivity index (χ4v) is 4.64. The quantitative estimate of drug-likeness (QED) is 0.722. The molecule has 2 aromatic carbocycles. The van der Waals surface area contributed by atoms with E-state index in [1.54, 1.807) is 6.07 Å². The number of anilines is 1. The summed E-state index contributed by atoms with van der Waals surface area (Å²) in [7, 11) is 0. The normalized spacial score (nSPS) is 14.9. The molecule has 3 aromatic rings. The molecule has 0 spiro atoms. The molecule has 6 heteroatoms. The summed E-state index contributed by atoms with van der Waals surface area (Å²) in [6.45, 7) is 1.94. The van der Waals surface area contributed by atoms with Crippen molar-refractivity contribution in [3.05, 3.63) is 47.5 Å². The van der Waals surface area contributed by atoms with E-state index in [0.29, 0.717) is 16.3 Å². The number of thioether (sulfide) groups is 1. The summed E-state index contributed by atoms with van der Waals surface area (Å²) in [5, 5.41) is 14.5. The van der Waals surface area contributed by atoms with Crippen LogP contribution < -0.4 is 5.32 Å². The molecule has 0 unspecified atom stereocenters. The lowest BCUT2D eigenvalue weighted by atomic mass is 10.1. The van der Waals surface area contributed by atoms with E-state index in [1.807, 2.05) is 43.0 Å². The Bertz CT molecular complexity index is 915. The van der Waals surface area contributed by atoms with Crippen LogP contribution in [0.4, 0.5) is 5.69 Å². The molecule has 5 nitrogen and oxygen atoms in total. The van der Waals surface area contributed by atoms with E-state index >= 15 is 0 Å². The lowest BCUT2D eigenvalue weighted by molar-refractivity contribution is 0.102. The maximum Gasteiger partial charge on any atom is 0.255 e. The molecule has 1 aliphatic rings. The van der Waals surface area contributed by atoms with Crippen molar-refractivity contribution in [1.82, 2.24) is 15.4 Å². The van der Waals surface area contributed by atoms with Gasteiger partial charge in [0.05, 0.1) is 5.69 Å². The van der Waals surface area contributed by atoms with E-state index in [-0.39, 0.29) is 5.91 Å². The van der Waals surface area contributed by atoms with Crippen molar-refractivity contribution in [2.24, 2.45) is 0 Å². The standard InChI is InChI=1S/C19H20N4OS/c1-12-10-13(11-16-18(12)22-23-21-16)19(24)20-15-8-4-5-9-17(15)25-14-6-2-3-7-14/h4-5,8-11,14H,2-3,6-7H2,1H3,(H,20,24)(H,21,22,23). The van der Waals surface area contributed by atoms with E-state index in [0.717, 1.165) is 21.7 Å². The van der Waals surface area contributed by atoms with Crippen molar-refractivity contribution >= 4 is 34.4 Å². The molecule has 1 amide bonds. The largest absolute Gasteiger partial charge is 0.321 e. The number of rotatable bonds is 4. The Morgan fingerprint density at radius 3 is 2.84 bits per heavy atom. The van der Waals surface area contributed by atoms with E-state index in [9.17, 15) is 4.79 Å². The van der Waals surface area contributed by atoms with Gasteiger partial charge in [-0.05, 0) is 49.6 Å². The Morgan fingerprint density at radius 1 is 1.20 bits per heavy atom. The number of benzene rings is 2. The van der Waals surface area contributed by atoms with Crippen molar-refractivity contribution in [3.63, 3.8) is 0 Å². The number of carbonyl (C=O) groups is 1. The minimum atomic E-state index is -0.118. The van der Waals surface area contributed by atoms with Crippen LogP contribution >= 0.6 is 11.8 Å². The third-order valence-corrected chi connectivity index (χ3v) is 6.02. The molecule has 0 bridgehead atoms. The zero-order chi connectivity index (χ0) is 17.2. The summed E-state index contributed by atoms with van der Waals surface area (Å²) in [5.41, 5.74) is 3.92. The number of nitrogens with zero attached hydrogens (tertiary/aromatic N) is 2. The number of amides is 1. The third kappa shape index (κ3) is 3.39. The van der Waals surface area contributed by atoms with E-state index in [4.69, 9.17) is 0 Å². The van der Waals surface area contributed by atoms with Gasteiger partial charge in [-0.25, -0.2) is 0 Å². The Hall–Kier alpha value is -2.34. The molecule has 0 atom stereocenters. The lowest BCUT2D eigenvalue weighted by Gasteiger charge is -2.14. The van der Waals surface area contributed by atoms with Gasteiger partial charge < -0.3 is 5.32 Å². The summed E-state index contributed by atoms with van der Waals surface area (Å²) in [5.74, 6) is -0.118. The van der Waals surface area contributed by atoms with E-state index < -0.39 is 0 Å². The minimum Gasteiger partial charge on any atom is -0.321 e. The Balaban J connectivity index is 1.57. The first-order valence-electron chi connectivity index (χ1n) is 8.59.